The van der Waals surface area contributed by atoms with Crippen molar-refractivity contribution in [2.45, 2.75) is 18.9 Å². The maximum Gasteiger partial charge on any atom is 0.295 e. The predicted octanol–water partition coefficient (Wildman–Crippen LogP) is 3.11. The fourth-order valence-corrected chi connectivity index (χ4v) is 3.67. The maximum absolute atomic E-state index is 13.9. The van der Waals surface area contributed by atoms with E-state index in [-0.39, 0.29) is 22.3 Å². The molecule has 4 rings (SSSR count). The molecule has 1 aliphatic heterocycles. The number of hydrogen-bond acceptors (Lipinski definition) is 6. The van der Waals surface area contributed by atoms with Gasteiger partial charge in [-0.2, -0.15) is 8.78 Å². The number of alkyl halides is 2. The van der Waals surface area contributed by atoms with Gasteiger partial charge in [0, 0.05) is 30.9 Å². The maximum atomic E-state index is 13.9. The van der Waals surface area contributed by atoms with E-state index in [1.807, 2.05) is 0 Å². The molecule has 0 spiro atoms. The van der Waals surface area contributed by atoms with Crippen LogP contribution in [0.15, 0.2) is 36.5 Å². The van der Waals surface area contributed by atoms with Crippen LogP contribution >= 0.6 is 11.6 Å². The number of carbonyl (C=O) groups excluding carboxylic acids is 1. The number of amides is 1. The predicted molar refractivity (Wildman–Crippen MR) is 114 cm³/mol. The minimum atomic E-state index is -3.34. The first-order valence-electron chi connectivity index (χ1n) is 10.1. The van der Waals surface area contributed by atoms with Crippen molar-refractivity contribution in [3.8, 4) is 0 Å². The molecule has 0 aliphatic carbocycles. The molecule has 3 aromatic rings. The van der Waals surface area contributed by atoms with E-state index in [4.69, 9.17) is 21.4 Å². The quantitative estimate of drug-likeness (QED) is 0.543. The topological polar surface area (TPSA) is 92.0 Å². The monoisotopic (exact) mass is 465 g/mol. The molecule has 0 saturated carbocycles. The Labute approximate surface area is 187 Å². The van der Waals surface area contributed by atoms with Gasteiger partial charge in [-0.3, -0.25) is 9.20 Å². The van der Waals surface area contributed by atoms with Gasteiger partial charge < -0.3 is 20.1 Å². The lowest BCUT2D eigenvalue weighted by Gasteiger charge is -2.25. The molecular formula is C21H22ClF2N5O3. The highest BCUT2D eigenvalue weighted by Gasteiger charge is 2.31. The van der Waals surface area contributed by atoms with Crippen LogP contribution in [0.3, 0.4) is 0 Å². The molecule has 1 saturated heterocycles. The third-order valence-corrected chi connectivity index (χ3v) is 5.49. The van der Waals surface area contributed by atoms with Crippen molar-refractivity contribution >= 4 is 29.1 Å². The summed E-state index contributed by atoms with van der Waals surface area (Å²) in [6.07, 6.45) is 1.57. The van der Waals surface area contributed by atoms with Gasteiger partial charge in [-0.15, -0.1) is 0 Å². The number of anilines is 1. The molecular weight excluding hydrogens is 444 g/mol. The van der Waals surface area contributed by atoms with E-state index < -0.39 is 18.6 Å². The van der Waals surface area contributed by atoms with Gasteiger partial charge in [0.25, 0.3) is 11.8 Å². The van der Waals surface area contributed by atoms with E-state index >= 15 is 0 Å². The number of hydrogen-bond donors (Lipinski definition) is 2. The molecule has 2 N–H and O–H groups in total. The lowest BCUT2D eigenvalue weighted by atomic mass is 10.0. The largest absolute Gasteiger partial charge is 0.390 e. The highest BCUT2D eigenvalue weighted by Crippen LogP contribution is 2.30. The van der Waals surface area contributed by atoms with Gasteiger partial charge in [-0.25, -0.2) is 9.97 Å². The van der Waals surface area contributed by atoms with Crippen molar-refractivity contribution in [3.63, 3.8) is 0 Å². The summed E-state index contributed by atoms with van der Waals surface area (Å²) in [5.74, 6) is -3.24. The van der Waals surface area contributed by atoms with Crippen LogP contribution < -0.4 is 5.32 Å². The van der Waals surface area contributed by atoms with Gasteiger partial charge in [0.1, 0.15) is 23.1 Å². The summed E-state index contributed by atoms with van der Waals surface area (Å²) in [6, 6.07) is 6.90. The minimum Gasteiger partial charge on any atom is -0.390 e. The Kier molecular flexibility index (Phi) is 6.27. The van der Waals surface area contributed by atoms with E-state index in [9.17, 15) is 13.6 Å². The van der Waals surface area contributed by atoms with Crippen LogP contribution in [0.4, 0.5) is 14.7 Å². The number of rotatable bonds is 6. The molecule has 32 heavy (non-hydrogen) atoms. The summed E-state index contributed by atoms with van der Waals surface area (Å²) in [5, 5.41) is 12.3. The fourth-order valence-electron chi connectivity index (χ4n) is 3.50. The van der Waals surface area contributed by atoms with Crippen molar-refractivity contribution in [2.24, 2.45) is 0 Å². The summed E-state index contributed by atoms with van der Waals surface area (Å²) in [6.45, 7) is 2.44. The lowest BCUT2D eigenvalue weighted by Crippen LogP contribution is -2.40. The molecule has 0 radical (unpaired) electrons. The number of nitrogens with one attached hydrogen (secondary N) is 1. The van der Waals surface area contributed by atoms with Crippen molar-refractivity contribution in [2.75, 3.05) is 38.2 Å². The van der Waals surface area contributed by atoms with E-state index in [2.05, 4.69) is 15.3 Å². The van der Waals surface area contributed by atoms with Crippen molar-refractivity contribution in [1.29, 1.82) is 0 Å². The number of imidazole rings is 1. The number of ether oxygens (including phenoxy) is 1. The van der Waals surface area contributed by atoms with Crippen molar-refractivity contribution < 1.29 is 23.4 Å². The summed E-state index contributed by atoms with van der Waals surface area (Å²) >= 11 is 6.15. The summed E-state index contributed by atoms with van der Waals surface area (Å²) in [4.78, 5) is 23.1. The number of halogens is 3. The van der Waals surface area contributed by atoms with E-state index in [0.717, 1.165) is 0 Å². The average molecular weight is 466 g/mol. The molecule has 170 valence electrons. The molecule has 1 atom stereocenters. The van der Waals surface area contributed by atoms with E-state index in [1.54, 1.807) is 28.5 Å². The minimum absolute atomic E-state index is 0.170. The SMILES string of the molecule is C[C@@H](Nc1nc(Cl)cc2nc(C(=O)N3CCOCC3)cn12)c1cccc(C(F)(F)CO)c1. The third-order valence-electron chi connectivity index (χ3n) is 5.29. The molecule has 3 heterocycles. The zero-order valence-corrected chi connectivity index (χ0v) is 18.0. The molecule has 1 fully saturated rings. The molecule has 2 aromatic heterocycles. The number of aromatic nitrogens is 3. The number of fused-ring (bicyclic) bond motifs is 1. The molecule has 11 heteroatoms. The zero-order valence-electron chi connectivity index (χ0n) is 17.3. The molecule has 1 aromatic carbocycles. The average Bonchev–Trinajstić information content (AvgIpc) is 3.23. The second kappa shape index (κ2) is 8.97. The Morgan fingerprint density at radius 2 is 2.06 bits per heavy atom. The molecule has 1 amide bonds. The Bertz CT molecular complexity index is 1130. The standard InChI is InChI=1S/C21H22ClF2N5O3/c1-13(14-3-2-4-15(9-14)21(23,24)12-30)25-20-27-17(22)10-18-26-16(11-29(18)20)19(31)28-5-7-32-8-6-28/h2-4,9-11,13,30H,5-8,12H2,1H3,(H,25,27)/t13-/m1/s1. The molecule has 0 unspecified atom stereocenters. The van der Waals surface area contributed by atoms with Crippen molar-refractivity contribution in [3.05, 3.63) is 58.5 Å². The van der Waals surface area contributed by atoms with Gasteiger partial charge >= 0.3 is 0 Å². The Morgan fingerprint density at radius 3 is 2.78 bits per heavy atom. The van der Waals surface area contributed by atoms with Crippen LogP contribution in [0.1, 0.15) is 34.6 Å². The third kappa shape index (κ3) is 4.52. The number of aliphatic hydroxyl groups excluding tert-OH is 1. The van der Waals surface area contributed by atoms with Gasteiger partial charge in [-0.1, -0.05) is 29.8 Å². The van der Waals surface area contributed by atoms with Gasteiger partial charge in [0.05, 0.1) is 19.3 Å². The van der Waals surface area contributed by atoms with Gasteiger partial charge in [0.15, 0.2) is 0 Å². The molecule has 0 bridgehead atoms. The number of nitrogens with zero attached hydrogens (tertiary/aromatic N) is 4. The smallest absolute Gasteiger partial charge is 0.295 e. The normalized spacial score (nSPS) is 15.7. The number of morpholine rings is 1. The Balaban J connectivity index is 1.62. The van der Waals surface area contributed by atoms with Crippen molar-refractivity contribution in [1.82, 2.24) is 19.3 Å². The first kappa shape index (κ1) is 22.4. The Hall–Kier alpha value is -2.82. The second-order valence-corrected chi connectivity index (χ2v) is 7.90. The van der Waals surface area contributed by atoms with Crippen LogP contribution in [0, 0.1) is 0 Å². The fraction of sp³-hybridized carbons (Fsp3) is 0.381. The van der Waals surface area contributed by atoms with Crippen LogP contribution in [0.25, 0.3) is 5.65 Å². The number of carbonyl (C=O) groups is 1. The van der Waals surface area contributed by atoms with E-state index in [0.29, 0.717) is 43.5 Å². The summed E-state index contributed by atoms with van der Waals surface area (Å²) in [5.41, 5.74) is 0.958. The van der Waals surface area contributed by atoms with Gasteiger partial charge in [-0.05, 0) is 18.6 Å². The number of benzene rings is 1. The van der Waals surface area contributed by atoms with Crippen LogP contribution in [-0.2, 0) is 10.7 Å². The molecule has 1 aliphatic rings. The van der Waals surface area contributed by atoms with Crippen LogP contribution in [0.2, 0.25) is 5.15 Å². The Morgan fingerprint density at radius 1 is 1.31 bits per heavy atom. The van der Waals surface area contributed by atoms with Crippen LogP contribution in [0.5, 0.6) is 0 Å². The van der Waals surface area contributed by atoms with Crippen LogP contribution in [-0.4, -0.2) is 63.2 Å². The first-order chi connectivity index (χ1) is 15.3. The lowest BCUT2D eigenvalue weighted by molar-refractivity contribution is -0.0556. The molecule has 8 nitrogen and oxygen atoms in total. The first-order valence-corrected chi connectivity index (χ1v) is 10.4. The van der Waals surface area contributed by atoms with Gasteiger partial charge in [0.2, 0.25) is 5.95 Å². The zero-order chi connectivity index (χ0) is 22.9. The summed E-state index contributed by atoms with van der Waals surface area (Å²) in [7, 11) is 0. The van der Waals surface area contributed by atoms with E-state index in [1.165, 1.54) is 24.3 Å². The summed E-state index contributed by atoms with van der Waals surface area (Å²) < 4.78 is 34.7. The highest BCUT2D eigenvalue weighted by molar-refractivity contribution is 6.29. The highest BCUT2D eigenvalue weighted by atomic mass is 35.5. The number of aliphatic hydroxyl groups is 1. The second-order valence-electron chi connectivity index (χ2n) is 7.52.